The first-order valence-electron chi connectivity index (χ1n) is 11.1. The predicted octanol–water partition coefficient (Wildman–Crippen LogP) is 2.52. The van der Waals surface area contributed by atoms with E-state index in [1.165, 1.54) is 12.0 Å². The van der Waals surface area contributed by atoms with Gasteiger partial charge in [0.2, 0.25) is 5.91 Å². The zero-order valence-corrected chi connectivity index (χ0v) is 18.9. The van der Waals surface area contributed by atoms with Crippen molar-refractivity contribution in [2.24, 2.45) is 0 Å². The number of pyridine rings is 1. The number of benzene rings is 2. The van der Waals surface area contributed by atoms with Gasteiger partial charge in [-0.2, -0.15) is 0 Å². The van der Waals surface area contributed by atoms with Gasteiger partial charge in [0.1, 0.15) is 17.9 Å². The van der Waals surface area contributed by atoms with Crippen LogP contribution in [0.1, 0.15) is 30.0 Å². The monoisotopic (exact) mass is 461 g/mol. The van der Waals surface area contributed by atoms with Gasteiger partial charge in [-0.05, 0) is 41.5 Å². The Balaban J connectivity index is 1.46. The smallest absolute Gasteiger partial charge is 0.407 e. The first kappa shape index (κ1) is 23.0. The van der Waals surface area contributed by atoms with Crippen LogP contribution in [0.15, 0.2) is 60.8 Å². The van der Waals surface area contributed by atoms with Crippen LogP contribution < -0.4 is 16.4 Å². The number of amides is 3. The van der Waals surface area contributed by atoms with Gasteiger partial charge in [-0.3, -0.25) is 9.59 Å². The molecule has 0 aliphatic carbocycles. The van der Waals surface area contributed by atoms with Crippen LogP contribution in [0.5, 0.6) is 0 Å². The molecule has 1 aliphatic rings. The van der Waals surface area contributed by atoms with E-state index < -0.39 is 18.2 Å². The molecule has 0 spiro atoms. The molecule has 3 amide bonds. The summed E-state index contributed by atoms with van der Waals surface area (Å²) in [7, 11) is 1.24. The Morgan fingerprint density at radius 2 is 1.97 bits per heavy atom. The van der Waals surface area contributed by atoms with Crippen LogP contribution in [0.25, 0.3) is 10.8 Å². The molecule has 0 radical (unpaired) electrons. The number of methoxy groups -OCH3 is 1. The molecule has 2 atom stereocenters. The molecule has 0 saturated carbocycles. The van der Waals surface area contributed by atoms with Crippen LogP contribution in [-0.2, 0) is 20.9 Å². The van der Waals surface area contributed by atoms with E-state index in [1.54, 1.807) is 30.5 Å². The first-order valence-corrected chi connectivity index (χ1v) is 11.1. The van der Waals surface area contributed by atoms with Crippen molar-refractivity contribution >= 4 is 34.5 Å². The van der Waals surface area contributed by atoms with E-state index in [1.807, 2.05) is 30.3 Å². The van der Waals surface area contributed by atoms with Gasteiger partial charge in [-0.15, -0.1) is 0 Å². The van der Waals surface area contributed by atoms with Gasteiger partial charge in [-0.25, -0.2) is 9.78 Å². The number of hydrogen-bond acceptors (Lipinski definition) is 6. The standard InChI is InChI=1S/C25H27N5O4/c1-34-25(33)29-21(17-6-3-2-4-7-17)24(32)30-13-5-8-20(30)23(31)28-15-16-9-10-19-18(14-16)11-12-27-22(19)26/h2-4,6-7,9-12,14,20-21H,5,8,13,15H2,1H3,(H2,26,27)(H,28,31)(H,29,33). The maximum atomic E-state index is 13.4. The van der Waals surface area contributed by atoms with Crippen LogP contribution in [-0.4, -0.2) is 47.5 Å². The van der Waals surface area contributed by atoms with Crippen LogP contribution in [0, 0.1) is 0 Å². The van der Waals surface area contributed by atoms with Crippen LogP contribution in [0.2, 0.25) is 0 Å². The lowest BCUT2D eigenvalue weighted by Crippen LogP contribution is -2.50. The molecule has 1 fully saturated rings. The number of anilines is 1. The SMILES string of the molecule is COC(=O)NC(C(=O)N1CCCC1C(=O)NCc1ccc2c(N)nccc2c1)c1ccccc1. The maximum Gasteiger partial charge on any atom is 0.407 e. The number of hydrogen-bond donors (Lipinski definition) is 3. The largest absolute Gasteiger partial charge is 0.453 e. The molecule has 0 bridgehead atoms. The van der Waals surface area contributed by atoms with E-state index in [9.17, 15) is 14.4 Å². The van der Waals surface area contributed by atoms with Crippen LogP contribution in [0.3, 0.4) is 0 Å². The van der Waals surface area contributed by atoms with E-state index in [2.05, 4.69) is 15.6 Å². The minimum Gasteiger partial charge on any atom is -0.453 e. The number of rotatable bonds is 6. The summed E-state index contributed by atoms with van der Waals surface area (Å²) in [5, 5.41) is 7.34. The van der Waals surface area contributed by atoms with Gasteiger partial charge in [0, 0.05) is 24.7 Å². The van der Waals surface area contributed by atoms with Gasteiger partial charge in [-0.1, -0.05) is 42.5 Å². The molecule has 1 aromatic heterocycles. The van der Waals surface area contributed by atoms with E-state index in [0.29, 0.717) is 37.3 Å². The lowest BCUT2D eigenvalue weighted by atomic mass is 10.0. The average Bonchev–Trinajstić information content (AvgIpc) is 3.36. The Labute approximate surface area is 197 Å². The number of ether oxygens (including phenoxy) is 1. The van der Waals surface area contributed by atoms with Crippen molar-refractivity contribution in [3.8, 4) is 0 Å². The maximum absolute atomic E-state index is 13.4. The number of nitrogens with zero attached hydrogens (tertiary/aromatic N) is 2. The third-order valence-electron chi connectivity index (χ3n) is 5.99. The molecule has 2 unspecified atom stereocenters. The normalized spacial score (nSPS) is 16.1. The van der Waals surface area contributed by atoms with Crippen LogP contribution in [0.4, 0.5) is 10.6 Å². The second-order valence-corrected chi connectivity index (χ2v) is 8.14. The van der Waals surface area contributed by atoms with Gasteiger partial charge in [0.15, 0.2) is 0 Å². The molecule has 1 saturated heterocycles. The van der Waals surface area contributed by atoms with Crippen molar-refractivity contribution in [1.82, 2.24) is 20.5 Å². The Bertz CT molecular complexity index is 1200. The number of aromatic nitrogens is 1. The summed E-state index contributed by atoms with van der Waals surface area (Å²) in [6.45, 7) is 0.753. The Morgan fingerprint density at radius 3 is 2.74 bits per heavy atom. The number of carbonyl (C=O) groups is 3. The van der Waals surface area contributed by atoms with Crippen molar-refractivity contribution in [1.29, 1.82) is 0 Å². The number of nitrogen functional groups attached to an aromatic ring is 1. The van der Waals surface area contributed by atoms with Crippen molar-refractivity contribution in [2.45, 2.75) is 31.5 Å². The van der Waals surface area contributed by atoms with E-state index in [4.69, 9.17) is 10.5 Å². The minimum atomic E-state index is -0.943. The lowest BCUT2D eigenvalue weighted by molar-refractivity contribution is -0.140. The highest BCUT2D eigenvalue weighted by Crippen LogP contribution is 2.24. The van der Waals surface area contributed by atoms with Crippen LogP contribution >= 0.6 is 0 Å². The number of carbonyl (C=O) groups excluding carboxylic acids is 3. The lowest BCUT2D eigenvalue weighted by Gasteiger charge is -2.28. The highest BCUT2D eigenvalue weighted by atomic mass is 16.5. The fourth-order valence-corrected chi connectivity index (χ4v) is 4.25. The third kappa shape index (κ3) is 4.93. The van der Waals surface area contributed by atoms with Gasteiger partial charge in [0.25, 0.3) is 5.91 Å². The number of alkyl carbamates (subject to hydrolysis) is 1. The number of nitrogens with two attached hydrogens (primary N) is 1. The predicted molar refractivity (Wildman–Crippen MR) is 127 cm³/mol. The summed E-state index contributed by atoms with van der Waals surface area (Å²) in [6, 6.07) is 15.0. The van der Waals surface area contributed by atoms with E-state index in [-0.39, 0.29) is 11.8 Å². The van der Waals surface area contributed by atoms with Crippen molar-refractivity contribution in [3.05, 3.63) is 71.9 Å². The summed E-state index contributed by atoms with van der Waals surface area (Å²) in [5.74, 6) is -0.116. The Kier molecular flexibility index (Phi) is 6.91. The highest BCUT2D eigenvalue weighted by Gasteiger charge is 2.38. The molecule has 1 aliphatic heterocycles. The van der Waals surface area contributed by atoms with Gasteiger partial charge < -0.3 is 26.0 Å². The van der Waals surface area contributed by atoms with Crippen molar-refractivity contribution in [2.75, 3.05) is 19.4 Å². The third-order valence-corrected chi connectivity index (χ3v) is 5.99. The number of fused-ring (bicyclic) bond motifs is 1. The zero-order chi connectivity index (χ0) is 24.1. The molecule has 4 N–H and O–H groups in total. The molecule has 34 heavy (non-hydrogen) atoms. The second kappa shape index (κ2) is 10.2. The van der Waals surface area contributed by atoms with Crippen molar-refractivity contribution in [3.63, 3.8) is 0 Å². The molecule has 4 rings (SSSR count). The Hall–Kier alpha value is -4.14. The summed E-state index contributed by atoms with van der Waals surface area (Å²) >= 11 is 0. The van der Waals surface area contributed by atoms with Crippen molar-refractivity contribution < 1.29 is 19.1 Å². The fraction of sp³-hybridized carbons (Fsp3) is 0.280. The molecule has 9 nitrogen and oxygen atoms in total. The molecular formula is C25H27N5O4. The fourth-order valence-electron chi connectivity index (χ4n) is 4.25. The highest BCUT2D eigenvalue weighted by molar-refractivity contribution is 5.93. The molecule has 2 heterocycles. The summed E-state index contributed by atoms with van der Waals surface area (Å²) in [4.78, 5) is 44.0. The number of nitrogens with one attached hydrogen (secondary N) is 2. The molecule has 9 heteroatoms. The second-order valence-electron chi connectivity index (χ2n) is 8.14. The zero-order valence-electron chi connectivity index (χ0n) is 18.9. The van der Waals surface area contributed by atoms with Gasteiger partial charge in [0.05, 0.1) is 7.11 Å². The quantitative estimate of drug-likeness (QED) is 0.518. The van der Waals surface area contributed by atoms with E-state index in [0.717, 1.165) is 16.3 Å². The summed E-state index contributed by atoms with van der Waals surface area (Å²) in [6.07, 6.45) is 2.19. The molecule has 3 aromatic rings. The number of likely N-dealkylation sites (tertiary alicyclic amines) is 1. The molecule has 2 aromatic carbocycles. The summed E-state index contributed by atoms with van der Waals surface area (Å²) < 4.78 is 4.70. The average molecular weight is 462 g/mol. The summed E-state index contributed by atoms with van der Waals surface area (Å²) in [5.41, 5.74) is 7.44. The van der Waals surface area contributed by atoms with Gasteiger partial charge >= 0.3 is 6.09 Å². The van der Waals surface area contributed by atoms with E-state index >= 15 is 0 Å². The molecular weight excluding hydrogens is 434 g/mol. The minimum absolute atomic E-state index is 0.231. The topological polar surface area (TPSA) is 127 Å². The first-order chi connectivity index (χ1) is 16.5. The molecule has 176 valence electrons. The Morgan fingerprint density at radius 1 is 1.18 bits per heavy atom.